The summed E-state index contributed by atoms with van der Waals surface area (Å²) in [5.74, 6) is 0.316. The molecule has 0 spiro atoms. The number of nitrogens with one attached hydrogen (secondary N) is 1. The third-order valence-corrected chi connectivity index (χ3v) is 3.55. The van der Waals surface area contributed by atoms with E-state index in [-0.39, 0.29) is 0 Å². The van der Waals surface area contributed by atoms with Crippen molar-refractivity contribution in [1.82, 2.24) is 15.3 Å². The maximum atomic E-state index is 11.9. The van der Waals surface area contributed by atoms with E-state index in [9.17, 15) is 14.4 Å². The molecule has 1 atom stereocenters. The second kappa shape index (κ2) is 4.34. The first-order chi connectivity index (χ1) is 8.29. The van der Waals surface area contributed by atoms with Gasteiger partial charge in [-0.05, 0) is 20.8 Å². The molecule has 100 valence electrons. The predicted octanol–water partition coefficient (Wildman–Crippen LogP) is 0.763. The van der Waals surface area contributed by atoms with Gasteiger partial charge in [-0.3, -0.25) is 4.79 Å². The summed E-state index contributed by atoms with van der Waals surface area (Å²) in [5.41, 5.74) is 1.50. The molecule has 2 aliphatic rings. The Bertz CT molecular complexity index is 384. The van der Waals surface area contributed by atoms with Crippen molar-refractivity contribution in [3.8, 4) is 0 Å². The van der Waals surface area contributed by atoms with Crippen molar-refractivity contribution in [3.63, 3.8) is 0 Å². The lowest BCUT2D eigenvalue weighted by atomic mass is 10.2. The largest absolute Gasteiger partial charge is 0.443 e. The van der Waals surface area contributed by atoms with Crippen LogP contribution in [0.5, 0.6) is 0 Å². The van der Waals surface area contributed by atoms with Crippen LogP contribution in [0.1, 0.15) is 20.8 Å². The number of nitrogens with zero attached hydrogens (tertiary/aromatic N) is 2. The molecule has 18 heavy (non-hydrogen) atoms. The highest BCUT2D eigenvalue weighted by molar-refractivity contribution is 8.00. The Balaban J connectivity index is 2.00. The van der Waals surface area contributed by atoms with Gasteiger partial charge in [-0.1, -0.05) is 0 Å². The van der Waals surface area contributed by atoms with E-state index in [0.717, 1.165) is 10.8 Å². The molecule has 0 aromatic carbocycles. The number of imide groups is 1. The van der Waals surface area contributed by atoms with Crippen LogP contribution in [0.4, 0.5) is 9.59 Å². The zero-order chi connectivity index (χ0) is 13.5. The molecule has 2 fully saturated rings. The first-order valence-electron chi connectivity index (χ1n) is 5.55. The lowest BCUT2D eigenvalue weighted by Gasteiger charge is -2.22. The molecule has 4 amide bonds. The minimum Gasteiger partial charge on any atom is -0.443 e. The number of thioether (sulfide) groups is 1. The van der Waals surface area contributed by atoms with Crippen LogP contribution >= 0.6 is 11.8 Å². The molecular formula is C10H15N3O4S. The van der Waals surface area contributed by atoms with E-state index >= 15 is 0 Å². The molecule has 7 nitrogen and oxygen atoms in total. The van der Waals surface area contributed by atoms with Gasteiger partial charge in [-0.25, -0.2) is 15.0 Å². The third-order valence-electron chi connectivity index (χ3n) is 2.36. The van der Waals surface area contributed by atoms with Gasteiger partial charge in [0.05, 0.1) is 0 Å². The lowest BCUT2D eigenvalue weighted by molar-refractivity contribution is -0.128. The van der Waals surface area contributed by atoms with E-state index in [4.69, 9.17) is 4.74 Å². The number of urea groups is 1. The van der Waals surface area contributed by atoms with Crippen molar-refractivity contribution in [3.05, 3.63) is 0 Å². The summed E-state index contributed by atoms with van der Waals surface area (Å²) in [5, 5.41) is 0.220. The zero-order valence-corrected chi connectivity index (χ0v) is 11.2. The van der Waals surface area contributed by atoms with Crippen molar-refractivity contribution in [2.24, 2.45) is 0 Å². The molecule has 2 saturated heterocycles. The van der Waals surface area contributed by atoms with E-state index in [1.54, 1.807) is 20.8 Å². The van der Waals surface area contributed by atoms with Crippen molar-refractivity contribution in [2.75, 3.05) is 12.3 Å². The van der Waals surface area contributed by atoms with Crippen LogP contribution in [0.25, 0.3) is 0 Å². The fraction of sp³-hybridized carbons (Fsp3) is 0.700. The standard InChI is InChI=1S/C10H15N3O4S/c1-10(2,3)17-8(15)11-13-6(14)7-12(9(13)16)4-5-18-7/h7H,4-5H2,1-3H3,(H,11,15). The van der Waals surface area contributed by atoms with Crippen molar-refractivity contribution in [1.29, 1.82) is 0 Å². The molecule has 0 aromatic rings. The van der Waals surface area contributed by atoms with Crippen molar-refractivity contribution in [2.45, 2.75) is 31.7 Å². The van der Waals surface area contributed by atoms with Gasteiger partial charge in [0.2, 0.25) is 0 Å². The lowest BCUT2D eigenvalue weighted by Crippen LogP contribution is -2.49. The topological polar surface area (TPSA) is 79.0 Å². The van der Waals surface area contributed by atoms with Crippen LogP contribution in [0.2, 0.25) is 0 Å². The summed E-state index contributed by atoms with van der Waals surface area (Å²) >= 11 is 1.39. The van der Waals surface area contributed by atoms with E-state index < -0.39 is 29.0 Å². The molecular weight excluding hydrogens is 258 g/mol. The van der Waals surface area contributed by atoms with Crippen LogP contribution in [0.15, 0.2) is 0 Å². The van der Waals surface area contributed by atoms with Gasteiger partial charge in [0.1, 0.15) is 5.60 Å². The first-order valence-corrected chi connectivity index (χ1v) is 6.60. The fourth-order valence-electron chi connectivity index (χ4n) is 1.70. The smallest absolute Gasteiger partial charge is 0.427 e. The van der Waals surface area contributed by atoms with Gasteiger partial charge in [-0.15, -0.1) is 11.8 Å². The summed E-state index contributed by atoms with van der Waals surface area (Å²) in [6.45, 7) is 5.63. The molecule has 1 unspecified atom stereocenters. The fourth-order valence-corrected chi connectivity index (χ4v) is 2.85. The highest BCUT2D eigenvalue weighted by Crippen LogP contribution is 2.31. The van der Waals surface area contributed by atoms with Crippen LogP contribution < -0.4 is 5.43 Å². The number of carbonyl (C=O) groups excluding carboxylic acids is 3. The number of hydrazine groups is 1. The molecule has 0 aliphatic carbocycles. The Hall–Kier alpha value is -1.44. The quantitative estimate of drug-likeness (QED) is 0.714. The highest BCUT2D eigenvalue weighted by atomic mass is 32.2. The molecule has 8 heteroatoms. The molecule has 0 radical (unpaired) electrons. The number of rotatable bonds is 1. The molecule has 0 aromatic heterocycles. The second-order valence-electron chi connectivity index (χ2n) is 4.99. The monoisotopic (exact) mass is 273 g/mol. The average Bonchev–Trinajstić information content (AvgIpc) is 2.76. The van der Waals surface area contributed by atoms with Crippen molar-refractivity contribution >= 4 is 29.8 Å². The minimum absolute atomic E-state index is 0.423. The molecule has 2 aliphatic heterocycles. The SMILES string of the molecule is CC(C)(C)OC(=O)NN1C(=O)C2SCCN2C1=O. The van der Waals surface area contributed by atoms with Crippen LogP contribution in [-0.4, -0.2) is 51.2 Å². The Morgan fingerprint density at radius 1 is 1.44 bits per heavy atom. The van der Waals surface area contributed by atoms with Gasteiger partial charge < -0.3 is 9.64 Å². The maximum absolute atomic E-state index is 11.9. The van der Waals surface area contributed by atoms with Crippen molar-refractivity contribution < 1.29 is 19.1 Å². The van der Waals surface area contributed by atoms with E-state index in [0.29, 0.717) is 6.54 Å². The Morgan fingerprint density at radius 2 is 2.11 bits per heavy atom. The van der Waals surface area contributed by atoms with E-state index in [1.165, 1.54) is 16.7 Å². The summed E-state index contributed by atoms with van der Waals surface area (Å²) in [6, 6.07) is -0.499. The molecule has 2 heterocycles. The number of hydrogen-bond acceptors (Lipinski definition) is 5. The summed E-state index contributed by atoms with van der Waals surface area (Å²) in [6.07, 6.45) is -0.810. The van der Waals surface area contributed by atoms with E-state index in [1.807, 2.05) is 0 Å². The average molecular weight is 273 g/mol. The normalized spacial score (nSPS) is 23.4. The first kappa shape index (κ1) is 13.0. The molecule has 2 rings (SSSR count). The Labute approximate surface area is 109 Å². The number of carbonyl (C=O) groups is 3. The van der Waals surface area contributed by atoms with Gasteiger partial charge in [0, 0.05) is 12.3 Å². The number of fused-ring (bicyclic) bond motifs is 1. The summed E-state index contributed by atoms with van der Waals surface area (Å²) in [4.78, 5) is 36.7. The molecule has 0 bridgehead atoms. The summed E-state index contributed by atoms with van der Waals surface area (Å²) < 4.78 is 5.00. The molecule has 1 N–H and O–H groups in total. The third kappa shape index (κ3) is 2.38. The van der Waals surface area contributed by atoms with Crippen LogP contribution in [0, 0.1) is 0 Å². The van der Waals surface area contributed by atoms with Gasteiger partial charge >= 0.3 is 12.1 Å². The Kier molecular flexibility index (Phi) is 3.14. The number of amides is 4. The minimum atomic E-state index is -0.810. The van der Waals surface area contributed by atoms with Crippen LogP contribution in [0.3, 0.4) is 0 Å². The predicted molar refractivity (Wildman–Crippen MR) is 64.6 cm³/mol. The number of ether oxygens (including phenoxy) is 1. The number of hydrogen-bond donors (Lipinski definition) is 1. The Morgan fingerprint density at radius 3 is 2.67 bits per heavy atom. The van der Waals surface area contributed by atoms with Gasteiger partial charge in [0.25, 0.3) is 5.91 Å². The van der Waals surface area contributed by atoms with Gasteiger partial charge in [-0.2, -0.15) is 5.01 Å². The van der Waals surface area contributed by atoms with Gasteiger partial charge in [0.15, 0.2) is 5.37 Å². The maximum Gasteiger partial charge on any atom is 0.427 e. The summed E-state index contributed by atoms with van der Waals surface area (Å²) in [7, 11) is 0. The zero-order valence-electron chi connectivity index (χ0n) is 10.4. The highest BCUT2D eigenvalue weighted by Gasteiger charge is 2.49. The van der Waals surface area contributed by atoms with Crippen LogP contribution in [-0.2, 0) is 9.53 Å². The second-order valence-corrected chi connectivity index (χ2v) is 6.17. The molecule has 0 saturated carbocycles. The van der Waals surface area contributed by atoms with E-state index in [2.05, 4.69) is 5.43 Å².